The van der Waals surface area contributed by atoms with Crippen LogP contribution in [0.4, 0.5) is 0 Å². The molecule has 0 saturated carbocycles. The van der Waals surface area contributed by atoms with Gasteiger partial charge < -0.3 is 4.74 Å². The van der Waals surface area contributed by atoms with Crippen LogP contribution in [0, 0.1) is 6.92 Å². The first-order valence-electron chi connectivity index (χ1n) is 5.62. The third-order valence-corrected chi connectivity index (χ3v) is 2.74. The lowest BCUT2D eigenvalue weighted by Crippen LogP contribution is -2.29. The average molecular weight is 244 g/mol. The van der Waals surface area contributed by atoms with E-state index < -0.39 is 0 Å². The van der Waals surface area contributed by atoms with E-state index in [0.29, 0.717) is 5.75 Å². The van der Waals surface area contributed by atoms with Gasteiger partial charge in [-0.25, -0.2) is 5.43 Å². The lowest BCUT2D eigenvalue weighted by atomic mass is 10.0. The monoisotopic (exact) mass is 244 g/mol. The molecule has 0 aliphatic rings. The molecule has 94 valence electrons. The Morgan fingerprint density at radius 2 is 2.06 bits per heavy atom. The quantitative estimate of drug-likeness (QED) is 0.627. The van der Waals surface area contributed by atoms with Crippen molar-refractivity contribution in [2.75, 3.05) is 7.11 Å². The zero-order chi connectivity index (χ0) is 13.0. The molecule has 1 atom stereocenters. The van der Waals surface area contributed by atoms with Crippen LogP contribution in [-0.4, -0.2) is 17.1 Å². The highest BCUT2D eigenvalue weighted by atomic mass is 16.5. The molecule has 0 spiro atoms. The smallest absolute Gasteiger partial charge is 0.137 e. The number of nitrogens with two attached hydrogens (primary N) is 1. The van der Waals surface area contributed by atoms with Crippen LogP contribution >= 0.6 is 0 Å². The molecule has 0 aliphatic carbocycles. The molecular weight excluding hydrogens is 228 g/mol. The van der Waals surface area contributed by atoms with E-state index in [1.165, 1.54) is 0 Å². The second-order valence-corrected chi connectivity index (χ2v) is 3.99. The first-order valence-corrected chi connectivity index (χ1v) is 5.62. The minimum atomic E-state index is -0.152. The predicted octanol–water partition coefficient (Wildman–Crippen LogP) is 1.35. The number of pyridine rings is 2. The summed E-state index contributed by atoms with van der Waals surface area (Å²) in [6, 6.07) is 5.69. The summed E-state index contributed by atoms with van der Waals surface area (Å²) in [6.07, 6.45) is 5.22. The third kappa shape index (κ3) is 2.64. The van der Waals surface area contributed by atoms with Crippen LogP contribution in [0.25, 0.3) is 0 Å². The molecule has 0 saturated heterocycles. The summed E-state index contributed by atoms with van der Waals surface area (Å²) in [5, 5.41) is 0. The first-order chi connectivity index (χ1) is 8.74. The molecule has 5 heteroatoms. The predicted molar refractivity (Wildman–Crippen MR) is 68.9 cm³/mol. The lowest BCUT2D eigenvalue weighted by molar-refractivity contribution is 0.411. The van der Waals surface area contributed by atoms with Crippen LogP contribution in [-0.2, 0) is 0 Å². The van der Waals surface area contributed by atoms with Crippen molar-refractivity contribution in [2.24, 2.45) is 5.84 Å². The van der Waals surface area contributed by atoms with E-state index in [-0.39, 0.29) is 6.04 Å². The minimum Gasteiger partial charge on any atom is -0.495 e. The van der Waals surface area contributed by atoms with Crippen LogP contribution in [0.2, 0.25) is 0 Å². The highest BCUT2D eigenvalue weighted by Gasteiger charge is 2.13. The van der Waals surface area contributed by atoms with Gasteiger partial charge in [0.05, 0.1) is 19.3 Å². The summed E-state index contributed by atoms with van der Waals surface area (Å²) >= 11 is 0. The fourth-order valence-corrected chi connectivity index (χ4v) is 1.74. The molecular formula is C13H16N4O. The number of nitrogens with zero attached hydrogens (tertiary/aromatic N) is 2. The van der Waals surface area contributed by atoms with Crippen molar-refractivity contribution >= 4 is 0 Å². The van der Waals surface area contributed by atoms with Crippen LogP contribution in [0.3, 0.4) is 0 Å². The molecule has 0 fully saturated rings. The molecule has 5 nitrogen and oxygen atoms in total. The van der Waals surface area contributed by atoms with Gasteiger partial charge in [0, 0.05) is 18.1 Å². The number of aryl methyl sites for hydroxylation is 1. The maximum atomic E-state index is 5.62. The largest absolute Gasteiger partial charge is 0.495 e. The van der Waals surface area contributed by atoms with Crippen molar-refractivity contribution in [1.82, 2.24) is 15.4 Å². The Labute approximate surface area is 106 Å². The topological polar surface area (TPSA) is 73.1 Å². The zero-order valence-electron chi connectivity index (χ0n) is 10.4. The van der Waals surface area contributed by atoms with Gasteiger partial charge in [0.25, 0.3) is 0 Å². The summed E-state index contributed by atoms with van der Waals surface area (Å²) in [7, 11) is 1.61. The minimum absolute atomic E-state index is 0.152. The molecule has 2 heterocycles. The van der Waals surface area contributed by atoms with E-state index in [1.807, 2.05) is 25.1 Å². The number of ether oxygens (including phenoxy) is 1. The number of hydrogen-bond donors (Lipinski definition) is 2. The van der Waals surface area contributed by atoms with Crippen molar-refractivity contribution in [3.05, 3.63) is 53.6 Å². The van der Waals surface area contributed by atoms with Gasteiger partial charge in [-0.05, 0) is 30.2 Å². The molecule has 0 radical (unpaired) electrons. The molecule has 0 amide bonds. The van der Waals surface area contributed by atoms with Gasteiger partial charge in [0.15, 0.2) is 0 Å². The Bertz CT molecular complexity index is 513. The van der Waals surface area contributed by atoms with Crippen molar-refractivity contribution in [3.63, 3.8) is 0 Å². The second-order valence-electron chi connectivity index (χ2n) is 3.99. The van der Waals surface area contributed by atoms with Gasteiger partial charge in [0.1, 0.15) is 5.75 Å². The van der Waals surface area contributed by atoms with Gasteiger partial charge in [0.2, 0.25) is 0 Å². The highest BCUT2D eigenvalue weighted by Crippen LogP contribution is 2.23. The highest BCUT2D eigenvalue weighted by molar-refractivity contribution is 5.33. The number of rotatable bonds is 4. The Hall–Kier alpha value is -1.98. The normalized spacial score (nSPS) is 12.2. The summed E-state index contributed by atoms with van der Waals surface area (Å²) in [4.78, 5) is 8.40. The number of methoxy groups -OCH3 is 1. The van der Waals surface area contributed by atoms with Crippen molar-refractivity contribution < 1.29 is 4.74 Å². The summed E-state index contributed by atoms with van der Waals surface area (Å²) in [5.74, 6) is 6.32. The Morgan fingerprint density at radius 1 is 1.22 bits per heavy atom. The Kier molecular flexibility index (Phi) is 3.86. The Balaban J connectivity index is 2.35. The molecule has 2 aromatic heterocycles. The molecule has 3 N–H and O–H groups in total. The van der Waals surface area contributed by atoms with Gasteiger partial charge in [-0.15, -0.1) is 0 Å². The standard InChI is InChI=1S/C13H16N4O/c1-9-3-4-10(7-16-9)13(17-14)11-5-12(18-2)8-15-6-11/h3-8,13,17H,14H2,1-2H3. The maximum Gasteiger partial charge on any atom is 0.137 e. The molecule has 1 unspecified atom stereocenters. The summed E-state index contributed by atoms with van der Waals surface area (Å²) in [5.41, 5.74) is 5.66. The van der Waals surface area contributed by atoms with Gasteiger partial charge in [-0.3, -0.25) is 15.8 Å². The number of aromatic nitrogens is 2. The molecule has 18 heavy (non-hydrogen) atoms. The number of nitrogens with one attached hydrogen (secondary N) is 1. The lowest BCUT2D eigenvalue weighted by Gasteiger charge is -2.16. The van der Waals surface area contributed by atoms with E-state index in [4.69, 9.17) is 10.6 Å². The van der Waals surface area contributed by atoms with E-state index in [9.17, 15) is 0 Å². The fourth-order valence-electron chi connectivity index (χ4n) is 1.74. The third-order valence-electron chi connectivity index (χ3n) is 2.74. The molecule has 2 aromatic rings. The first kappa shape index (κ1) is 12.5. The molecule has 2 rings (SSSR count). The van der Waals surface area contributed by atoms with E-state index in [1.54, 1.807) is 25.7 Å². The van der Waals surface area contributed by atoms with Gasteiger partial charge in [-0.1, -0.05) is 6.07 Å². The van der Waals surface area contributed by atoms with E-state index >= 15 is 0 Å². The molecule has 0 aliphatic heterocycles. The van der Waals surface area contributed by atoms with E-state index in [0.717, 1.165) is 16.8 Å². The summed E-state index contributed by atoms with van der Waals surface area (Å²) < 4.78 is 5.16. The Morgan fingerprint density at radius 3 is 2.67 bits per heavy atom. The fraction of sp³-hybridized carbons (Fsp3) is 0.231. The van der Waals surface area contributed by atoms with Crippen LogP contribution < -0.4 is 16.0 Å². The zero-order valence-corrected chi connectivity index (χ0v) is 10.4. The summed E-state index contributed by atoms with van der Waals surface area (Å²) in [6.45, 7) is 1.95. The average Bonchev–Trinajstić information content (AvgIpc) is 2.42. The SMILES string of the molecule is COc1cncc(C(NN)c2ccc(C)nc2)c1. The van der Waals surface area contributed by atoms with Crippen molar-refractivity contribution in [3.8, 4) is 5.75 Å². The maximum absolute atomic E-state index is 5.62. The number of hydrogen-bond acceptors (Lipinski definition) is 5. The van der Waals surface area contributed by atoms with Crippen LogP contribution in [0.5, 0.6) is 5.75 Å². The number of hydrazine groups is 1. The molecule has 0 aromatic carbocycles. The van der Waals surface area contributed by atoms with Gasteiger partial charge in [-0.2, -0.15) is 0 Å². The van der Waals surface area contributed by atoms with Crippen molar-refractivity contribution in [1.29, 1.82) is 0 Å². The van der Waals surface area contributed by atoms with Crippen LogP contribution in [0.15, 0.2) is 36.8 Å². The second kappa shape index (κ2) is 5.57. The molecule has 0 bridgehead atoms. The van der Waals surface area contributed by atoms with Crippen LogP contribution in [0.1, 0.15) is 22.9 Å². The van der Waals surface area contributed by atoms with E-state index in [2.05, 4.69) is 15.4 Å². The van der Waals surface area contributed by atoms with Gasteiger partial charge >= 0.3 is 0 Å². The van der Waals surface area contributed by atoms with Crippen molar-refractivity contribution in [2.45, 2.75) is 13.0 Å².